The number of hydrogen-bond donors (Lipinski definition) is 0. The lowest BCUT2D eigenvalue weighted by Crippen LogP contribution is -2.51. The van der Waals surface area contributed by atoms with Crippen LogP contribution in [0.25, 0.3) is 0 Å². The van der Waals surface area contributed by atoms with Gasteiger partial charge in [-0.15, -0.1) is 0 Å². The van der Waals surface area contributed by atoms with E-state index in [0.29, 0.717) is 17.3 Å². The molecular formula is C53H90O2. The Kier molecular flexibility index (Phi) is 21.0. The van der Waals surface area contributed by atoms with Gasteiger partial charge in [0.1, 0.15) is 6.10 Å². The molecule has 55 heavy (non-hydrogen) atoms. The number of carbonyl (C=O) groups excluding carboxylic acids is 1. The van der Waals surface area contributed by atoms with Gasteiger partial charge in [-0.25, -0.2) is 0 Å². The summed E-state index contributed by atoms with van der Waals surface area (Å²) < 4.78 is 6.15. The fraction of sp³-hybridized carbons (Fsp3) is 0.830. The van der Waals surface area contributed by atoms with Crippen LogP contribution in [0.4, 0.5) is 0 Å². The van der Waals surface area contributed by atoms with Gasteiger partial charge in [0, 0.05) is 12.8 Å². The molecule has 4 aliphatic carbocycles. The smallest absolute Gasteiger partial charge is 0.306 e. The zero-order valence-corrected chi connectivity index (χ0v) is 37.4. The minimum Gasteiger partial charge on any atom is -0.462 e. The van der Waals surface area contributed by atoms with E-state index in [9.17, 15) is 4.79 Å². The maximum absolute atomic E-state index is 12.9. The van der Waals surface area contributed by atoms with Crippen LogP contribution in [0, 0.1) is 46.3 Å². The molecule has 4 rings (SSSR count). The van der Waals surface area contributed by atoms with Crippen LogP contribution in [0.2, 0.25) is 0 Å². The van der Waals surface area contributed by atoms with E-state index in [1.165, 1.54) is 141 Å². The molecule has 0 saturated heterocycles. The van der Waals surface area contributed by atoms with Gasteiger partial charge < -0.3 is 4.74 Å². The number of ether oxygens (including phenoxy) is 1. The van der Waals surface area contributed by atoms with Gasteiger partial charge in [-0.2, -0.15) is 0 Å². The van der Waals surface area contributed by atoms with Crippen LogP contribution in [0.1, 0.15) is 228 Å². The van der Waals surface area contributed by atoms with E-state index in [1.54, 1.807) is 5.57 Å². The van der Waals surface area contributed by atoms with E-state index in [2.05, 4.69) is 84.1 Å². The molecule has 0 radical (unpaired) electrons. The van der Waals surface area contributed by atoms with Gasteiger partial charge in [0.15, 0.2) is 0 Å². The zero-order valence-electron chi connectivity index (χ0n) is 37.4. The van der Waals surface area contributed by atoms with E-state index in [4.69, 9.17) is 4.74 Å². The van der Waals surface area contributed by atoms with Crippen LogP contribution in [0.3, 0.4) is 0 Å². The molecule has 3 saturated carbocycles. The molecular weight excluding hydrogens is 669 g/mol. The second-order valence-electron chi connectivity index (χ2n) is 20.1. The standard InChI is InChI=1S/C53H90O2/c1-7-8-9-10-11-12-13-14-15-16-17-18-19-20-21-22-23-24-25-26-27-28-29-33-51(54)55-46-38-40-52(5)45(42-46)34-35-47-49-37-36-48(44(4)32-30-31-43(2)3)53(49,6)41-39-50(47)52/h13-14,16-17,19-20,34,43-44,46-50H,7-12,15,18,21-33,35-42H2,1-6H3/b14-13-,17-16-,20-19-. The van der Waals surface area contributed by atoms with Crippen LogP contribution in [0.5, 0.6) is 0 Å². The van der Waals surface area contributed by atoms with Crippen molar-refractivity contribution in [3.05, 3.63) is 48.1 Å². The molecule has 3 fully saturated rings. The van der Waals surface area contributed by atoms with Gasteiger partial charge >= 0.3 is 5.97 Å². The summed E-state index contributed by atoms with van der Waals surface area (Å²) in [5.41, 5.74) is 2.52. The Hall–Kier alpha value is -1.57. The second kappa shape index (κ2) is 25.0. The maximum atomic E-state index is 12.9. The SMILES string of the molecule is CCCCCCC/C=C\C/C=C\C/C=C\CCCCCCCCCCC(=O)OC1CCC2(C)C(=CCC3C2CCC2(C)C(C(C)CCCC(C)C)CCC32)C1. The van der Waals surface area contributed by atoms with E-state index in [-0.39, 0.29) is 12.1 Å². The Labute approximate surface area is 342 Å². The molecule has 8 unspecified atom stereocenters. The normalized spacial score (nSPS) is 29.9. The van der Waals surface area contributed by atoms with E-state index < -0.39 is 0 Å². The first kappa shape index (κ1) is 46.1. The Balaban J connectivity index is 1.01. The number of hydrogen-bond acceptors (Lipinski definition) is 2. The largest absolute Gasteiger partial charge is 0.462 e. The Morgan fingerprint density at radius 3 is 1.98 bits per heavy atom. The summed E-state index contributed by atoms with van der Waals surface area (Å²) >= 11 is 0. The van der Waals surface area contributed by atoms with E-state index >= 15 is 0 Å². The summed E-state index contributed by atoms with van der Waals surface area (Å²) in [6.45, 7) is 14.9. The van der Waals surface area contributed by atoms with Crippen molar-refractivity contribution in [2.24, 2.45) is 46.3 Å². The lowest BCUT2D eigenvalue weighted by atomic mass is 9.47. The number of unbranched alkanes of at least 4 members (excludes halogenated alkanes) is 13. The first-order chi connectivity index (χ1) is 26.7. The van der Waals surface area contributed by atoms with Crippen molar-refractivity contribution in [2.75, 3.05) is 0 Å². The van der Waals surface area contributed by atoms with Gasteiger partial charge in [-0.05, 0) is 136 Å². The lowest BCUT2D eigenvalue weighted by Gasteiger charge is -2.58. The van der Waals surface area contributed by atoms with Crippen LogP contribution in [-0.4, -0.2) is 12.1 Å². The summed E-state index contributed by atoms with van der Waals surface area (Å²) in [4.78, 5) is 12.9. The molecule has 0 N–H and O–H groups in total. The predicted molar refractivity (Wildman–Crippen MR) is 239 cm³/mol. The van der Waals surface area contributed by atoms with Crippen molar-refractivity contribution >= 4 is 5.97 Å². The third-order valence-corrected chi connectivity index (χ3v) is 15.6. The molecule has 4 aliphatic rings. The van der Waals surface area contributed by atoms with E-state index in [1.807, 2.05) is 0 Å². The van der Waals surface area contributed by atoms with Crippen molar-refractivity contribution in [1.82, 2.24) is 0 Å². The maximum Gasteiger partial charge on any atom is 0.306 e. The second-order valence-corrected chi connectivity index (χ2v) is 20.1. The molecule has 0 bridgehead atoms. The fourth-order valence-corrected chi connectivity index (χ4v) is 12.2. The Morgan fingerprint density at radius 2 is 1.33 bits per heavy atom. The quantitative estimate of drug-likeness (QED) is 0.0474. The molecule has 0 amide bonds. The van der Waals surface area contributed by atoms with E-state index in [0.717, 1.165) is 74.0 Å². The fourth-order valence-electron chi connectivity index (χ4n) is 12.2. The summed E-state index contributed by atoms with van der Waals surface area (Å²) in [7, 11) is 0. The molecule has 0 aromatic carbocycles. The monoisotopic (exact) mass is 759 g/mol. The predicted octanol–water partition coefficient (Wildman–Crippen LogP) is 16.6. The topological polar surface area (TPSA) is 26.3 Å². The van der Waals surface area contributed by atoms with Crippen LogP contribution < -0.4 is 0 Å². The molecule has 0 aliphatic heterocycles. The molecule has 2 heteroatoms. The van der Waals surface area contributed by atoms with Crippen LogP contribution in [-0.2, 0) is 9.53 Å². The van der Waals surface area contributed by atoms with Gasteiger partial charge in [0.25, 0.3) is 0 Å². The highest BCUT2D eigenvalue weighted by atomic mass is 16.5. The number of esters is 1. The molecule has 0 aromatic rings. The highest BCUT2D eigenvalue weighted by Gasteiger charge is 2.59. The molecule has 314 valence electrons. The zero-order chi connectivity index (χ0) is 39.4. The molecule has 0 aromatic heterocycles. The van der Waals surface area contributed by atoms with Crippen LogP contribution in [0.15, 0.2) is 48.1 Å². The molecule has 0 spiro atoms. The molecule has 2 nitrogen and oxygen atoms in total. The third-order valence-electron chi connectivity index (χ3n) is 15.6. The Morgan fingerprint density at radius 1 is 0.709 bits per heavy atom. The number of allylic oxidation sites excluding steroid dienone is 7. The number of rotatable bonds is 27. The van der Waals surface area contributed by atoms with Crippen molar-refractivity contribution in [1.29, 1.82) is 0 Å². The van der Waals surface area contributed by atoms with Crippen molar-refractivity contribution in [3.63, 3.8) is 0 Å². The first-order valence-electron chi connectivity index (χ1n) is 24.5. The summed E-state index contributed by atoms with van der Waals surface area (Å²) in [6, 6.07) is 0. The van der Waals surface area contributed by atoms with Crippen molar-refractivity contribution in [3.8, 4) is 0 Å². The van der Waals surface area contributed by atoms with Crippen molar-refractivity contribution in [2.45, 2.75) is 234 Å². The minimum atomic E-state index is 0.0553. The van der Waals surface area contributed by atoms with Crippen LogP contribution >= 0.6 is 0 Å². The summed E-state index contributed by atoms with van der Waals surface area (Å²) in [6.07, 6.45) is 53.4. The summed E-state index contributed by atoms with van der Waals surface area (Å²) in [5, 5.41) is 0. The highest BCUT2D eigenvalue weighted by molar-refractivity contribution is 5.69. The summed E-state index contributed by atoms with van der Waals surface area (Å²) in [5.74, 6) is 5.30. The molecule has 0 heterocycles. The average Bonchev–Trinajstić information content (AvgIpc) is 3.52. The highest BCUT2D eigenvalue weighted by Crippen LogP contribution is 2.67. The van der Waals surface area contributed by atoms with Gasteiger partial charge in [0.2, 0.25) is 0 Å². The molecule has 8 atom stereocenters. The average molecular weight is 759 g/mol. The minimum absolute atomic E-state index is 0.0553. The number of carbonyl (C=O) groups is 1. The lowest BCUT2D eigenvalue weighted by molar-refractivity contribution is -0.151. The Bertz CT molecular complexity index is 1190. The van der Waals surface area contributed by atoms with Gasteiger partial charge in [-0.3, -0.25) is 4.79 Å². The third kappa shape index (κ3) is 14.6. The van der Waals surface area contributed by atoms with Gasteiger partial charge in [0.05, 0.1) is 0 Å². The van der Waals surface area contributed by atoms with Gasteiger partial charge in [-0.1, -0.05) is 173 Å². The van der Waals surface area contributed by atoms with Crippen molar-refractivity contribution < 1.29 is 9.53 Å². The first-order valence-corrected chi connectivity index (χ1v) is 24.5. The number of fused-ring (bicyclic) bond motifs is 5.